The molecule has 0 bridgehead atoms. The van der Waals surface area contributed by atoms with Gasteiger partial charge < -0.3 is 15.5 Å². The molecule has 18 heavy (non-hydrogen) atoms. The van der Waals surface area contributed by atoms with Crippen molar-refractivity contribution in [2.75, 3.05) is 44.4 Å². The molecule has 0 saturated heterocycles. The molecule has 0 aliphatic rings. The standard InChI is InChI=1S/C13H25N5/c1-10(2)8-18(7-6-17(4)5)13-11(3)12(14)15-9-16-13/h9-10H,6-8H2,1-5H3,(H2,14,15,16). The van der Waals surface area contributed by atoms with E-state index >= 15 is 0 Å². The molecular formula is C13H25N5. The zero-order valence-electron chi connectivity index (χ0n) is 12.1. The number of aromatic nitrogens is 2. The molecule has 1 aromatic rings. The molecule has 0 spiro atoms. The van der Waals surface area contributed by atoms with Crippen molar-refractivity contribution < 1.29 is 0 Å². The lowest BCUT2D eigenvalue weighted by molar-refractivity contribution is 0.408. The summed E-state index contributed by atoms with van der Waals surface area (Å²) in [5, 5.41) is 0. The van der Waals surface area contributed by atoms with E-state index in [4.69, 9.17) is 5.73 Å². The summed E-state index contributed by atoms with van der Waals surface area (Å²) in [6, 6.07) is 0. The first-order chi connectivity index (χ1) is 8.41. The first kappa shape index (κ1) is 14.7. The van der Waals surface area contributed by atoms with Crippen molar-refractivity contribution in [3.8, 4) is 0 Å². The van der Waals surface area contributed by atoms with Crippen LogP contribution >= 0.6 is 0 Å². The lowest BCUT2D eigenvalue weighted by atomic mass is 10.2. The molecule has 2 N–H and O–H groups in total. The fourth-order valence-electron chi connectivity index (χ4n) is 1.82. The second-order valence-corrected chi connectivity index (χ2v) is 5.35. The average molecular weight is 251 g/mol. The third kappa shape index (κ3) is 4.14. The summed E-state index contributed by atoms with van der Waals surface area (Å²) in [6.07, 6.45) is 1.54. The van der Waals surface area contributed by atoms with Crippen molar-refractivity contribution in [2.24, 2.45) is 5.92 Å². The number of anilines is 2. The normalized spacial score (nSPS) is 11.3. The van der Waals surface area contributed by atoms with Gasteiger partial charge in [0.15, 0.2) is 0 Å². The second kappa shape index (κ2) is 6.54. The minimum Gasteiger partial charge on any atom is -0.383 e. The van der Waals surface area contributed by atoms with Crippen LogP contribution < -0.4 is 10.6 Å². The summed E-state index contributed by atoms with van der Waals surface area (Å²) in [6.45, 7) is 9.32. The van der Waals surface area contributed by atoms with Gasteiger partial charge in [0.25, 0.3) is 0 Å². The fourth-order valence-corrected chi connectivity index (χ4v) is 1.82. The highest BCUT2D eigenvalue weighted by Gasteiger charge is 2.14. The molecule has 0 atom stereocenters. The van der Waals surface area contributed by atoms with Gasteiger partial charge in [0, 0.05) is 25.2 Å². The summed E-state index contributed by atoms with van der Waals surface area (Å²) in [4.78, 5) is 12.9. The van der Waals surface area contributed by atoms with Crippen molar-refractivity contribution in [1.29, 1.82) is 0 Å². The van der Waals surface area contributed by atoms with Crippen molar-refractivity contribution in [3.05, 3.63) is 11.9 Å². The quantitative estimate of drug-likeness (QED) is 0.828. The number of nitrogens with two attached hydrogens (primary N) is 1. The Bertz CT molecular complexity index is 376. The predicted octanol–water partition coefficient (Wildman–Crippen LogP) is 1.39. The molecule has 5 nitrogen and oxygen atoms in total. The zero-order valence-corrected chi connectivity index (χ0v) is 12.1. The van der Waals surface area contributed by atoms with Gasteiger partial charge >= 0.3 is 0 Å². The Kier molecular flexibility index (Phi) is 5.34. The Morgan fingerprint density at radius 3 is 2.44 bits per heavy atom. The molecule has 0 aliphatic carbocycles. The van der Waals surface area contributed by atoms with Crippen LogP contribution in [0.5, 0.6) is 0 Å². The van der Waals surface area contributed by atoms with E-state index in [2.05, 4.69) is 47.7 Å². The lowest BCUT2D eigenvalue weighted by Crippen LogP contribution is -2.35. The van der Waals surface area contributed by atoms with Crippen molar-refractivity contribution in [2.45, 2.75) is 20.8 Å². The van der Waals surface area contributed by atoms with E-state index in [1.165, 1.54) is 0 Å². The highest BCUT2D eigenvalue weighted by Crippen LogP contribution is 2.20. The summed E-state index contributed by atoms with van der Waals surface area (Å²) in [7, 11) is 4.16. The largest absolute Gasteiger partial charge is 0.383 e. The topological polar surface area (TPSA) is 58.3 Å². The van der Waals surface area contributed by atoms with Crippen LogP contribution in [0, 0.1) is 12.8 Å². The van der Waals surface area contributed by atoms with Gasteiger partial charge in [0.1, 0.15) is 18.0 Å². The molecule has 0 saturated carbocycles. The van der Waals surface area contributed by atoms with E-state index in [0.717, 1.165) is 31.0 Å². The lowest BCUT2D eigenvalue weighted by Gasteiger charge is -2.28. The second-order valence-electron chi connectivity index (χ2n) is 5.35. The molecule has 0 radical (unpaired) electrons. The van der Waals surface area contributed by atoms with Crippen molar-refractivity contribution in [3.63, 3.8) is 0 Å². The SMILES string of the molecule is Cc1c(N)ncnc1N(CCN(C)C)CC(C)C. The Hall–Kier alpha value is -1.36. The predicted molar refractivity (Wildman–Crippen MR) is 76.8 cm³/mol. The van der Waals surface area contributed by atoms with Crippen LogP contribution in [0.25, 0.3) is 0 Å². The first-order valence-corrected chi connectivity index (χ1v) is 6.38. The van der Waals surface area contributed by atoms with Crippen LogP contribution in [-0.4, -0.2) is 48.6 Å². The summed E-state index contributed by atoms with van der Waals surface area (Å²) >= 11 is 0. The van der Waals surface area contributed by atoms with E-state index in [1.807, 2.05) is 6.92 Å². The van der Waals surface area contributed by atoms with Crippen LogP contribution in [0.15, 0.2) is 6.33 Å². The third-order valence-electron chi connectivity index (χ3n) is 2.80. The summed E-state index contributed by atoms with van der Waals surface area (Å²) in [5.74, 6) is 2.11. The number of nitrogen functional groups attached to an aromatic ring is 1. The smallest absolute Gasteiger partial charge is 0.137 e. The van der Waals surface area contributed by atoms with E-state index in [-0.39, 0.29) is 0 Å². The molecule has 5 heteroatoms. The maximum absolute atomic E-state index is 5.86. The third-order valence-corrected chi connectivity index (χ3v) is 2.80. The van der Waals surface area contributed by atoms with Gasteiger partial charge in [-0.3, -0.25) is 0 Å². The van der Waals surface area contributed by atoms with Crippen molar-refractivity contribution >= 4 is 11.6 Å². The number of likely N-dealkylation sites (N-methyl/N-ethyl adjacent to an activating group) is 1. The number of hydrogen-bond donors (Lipinski definition) is 1. The maximum atomic E-state index is 5.86. The fraction of sp³-hybridized carbons (Fsp3) is 0.692. The van der Waals surface area contributed by atoms with Gasteiger partial charge in [-0.15, -0.1) is 0 Å². The Morgan fingerprint density at radius 1 is 1.22 bits per heavy atom. The molecule has 102 valence electrons. The van der Waals surface area contributed by atoms with Crippen LogP contribution in [0.1, 0.15) is 19.4 Å². The van der Waals surface area contributed by atoms with E-state index in [9.17, 15) is 0 Å². The molecule has 0 amide bonds. The van der Waals surface area contributed by atoms with Gasteiger partial charge in [-0.25, -0.2) is 9.97 Å². The van der Waals surface area contributed by atoms with Gasteiger partial charge in [-0.1, -0.05) is 13.8 Å². The summed E-state index contributed by atoms with van der Waals surface area (Å²) < 4.78 is 0. The molecule has 1 aromatic heterocycles. The van der Waals surface area contributed by atoms with Crippen molar-refractivity contribution in [1.82, 2.24) is 14.9 Å². The van der Waals surface area contributed by atoms with E-state index in [1.54, 1.807) is 6.33 Å². The Balaban J connectivity index is 2.90. The molecule has 0 fully saturated rings. The highest BCUT2D eigenvalue weighted by molar-refractivity contribution is 5.55. The van der Waals surface area contributed by atoms with Crippen LogP contribution in [0.3, 0.4) is 0 Å². The molecule has 0 unspecified atom stereocenters. The van der Waals surface area contributed by atoms with Crippen LogP contribution in [0.2, 0.25) is 0 Å². The zero-order chi connectivity index (χ0) is 13.7. The van der Waals surface area contributed by atoms with Gasteiger partial charge in [-0.05, 0) is 26.9 Å². The first-order valence-electron chi connectivity index (χ1n) is 6.38. The molecular weight excluding hydrogens is 226 g/mol. The minimum absolute atomic E-state index is 0.568. The Labute approximate surface area is 110 Å². The number of nitrogens with zero attached hydrogens (tertiary/aromatic N) is 4. The minimum atomic E-state index is 0.568. The number of rotatable bonds is 6. The molecule has 1 rings (SSSR count). The summed E-state index contributed by atoms with van der Waals surface area (Å²) in [5.41, 5.74) is 6.83. The maximum Gasteiger partial charge on any atom is 0.137 e. The monoisotopic (exact) mass is 251 g/mol. The van der Waals surface area contributed by atoms with E-state index < -0.39 is 0 Å². The molecule has 0 aromatic carbocycles. The van der Waals surface area contributed by atoms with E-state index in [0.29, 0.717) is 11.7 Å². The van der Waals surface area contributed by atoms with Gasteiger partial charge in [-0.2, -0.15) is 0 Å². The van der Waals surface area contributed by atoms with Crippen LogP contribution in [-0.2, 0) is 0 Å². The highest BCUT2D eigenvalue weighted by atomic mass is 15.2. The van der Waals surface area contributed by atoms with Crippen LogP contribution in [0.4, 0.5) is 11.6 Å². The van der Waals surface area contributed by atoms with Gasteiger partial charge in [0.2, 0.25) is 0 Å². The van der Waals surface area contributed by atoms with Gasteiger partial charge in [0.05, 0.1) is 0 Å². The number of hydrogen-bond acceptors (Lipinski definition) is 5. The molecule has 0 aliphatic heterocycles. The average Bonchev–Trinajstić information content (AvgIpc) is 2.27. The Morgan fingerprint density at radius 2 is 1.89 bits per heavy atom. The molecule has 1 heterocycles.